The zero-order valence-electron chi connectivity index (χ0n) is 14.8. The molecule has 2 atom stereocenters. The quantitative estimate of drug-likeness (QED) is 0.852. The van der Waals surface area contributed by atoms with Crippen LogP contribution in [0.25, 0.3) is 0 Å². The van der Waals surface area contributed by atoms with E-state index in [0.29, 0.717) is 18.9 Å². The number of fused-ring (bicyclic) bond motifs is 2. The van der Waals surface area contributed by atoms with Gasteiger partial charge in [-0.1, -0.05) is 6.08 Å². The molecule has 0 aliphatic carbocycles. The third-order valence-corrected chi connectivity index (χ3v) is 6.47. The van der Waals surface area contributed by atoms with Gasteiger partial charge >= 0.3 is 11.8 Å². The van der Waals surface area contributed by atoms with Crippen LogP contribution in [0.2, 0.25) is 0 Å². The highest BCUT2D eigenvalue weighted by Crippen LogP contribution is 2.38. The summed E-state index contributed by atoms with van der Waals surface area (Å²) in [5.74, 6) is 0.0779. The lowest BCUT2D eigenvalue weighted by Gasteiger charge is -2.33. The molecule has 27 heavy (non-hydrogen) atoms. The van der Waals surface area contributed by atoms with Crippen LogP contribution in [0, 0.1) is 6.92 Å². The van der Waals surface area contributed by atoms with Crippen LogP contribution in [0.15, 0.2) is 50.2 Å². The lowest BCUT2D eigenvalue weighted by Crippen LogP contribution is -2.41. The van der Waals surface area contributed by atoms with Gasteiger partial charge in [0.1, 0.15) is 5.37 Å². The summed E-state index contributed by atoms with van der Waals surface area (Å²) >= 11 is 0. The molecule has 2 aromatic heterocycles. The van der Waals surface area contributed by atoms with Crippen molar-refractivity contribution in [2.75, 3.05) is 6.54 Å². The van der Waals surface area contributed by atoms with Gasteiger partial charge in [0.15, 0.2) is 0 Å². The monoisotopic (exact) mass is 383 g/mol. The Hall–Kier alpha value is -3.01. The number of carbonyl (C=O) groups excluding carboxylic acids is 1. The summed E-state index contributed by atoms with van der Waals surface area (Å²) < 4.78 is 10.2. The molecule has 1 N–H and O–H groups in total. The minimum atomic E-state index is -0.582. The largest absolute Gasteiger partial charge is 0.417 e. The van der Waals surface area contributed by atoms with Crippen LogP contribution in [-0.4, -0.2) is 42.5 Å². The summed E-state index contributed by atoms with van der Waals surface area (Å²) in [6.45, 7) is 4.25. The van der Waals surface area contributed by atoms with Crippen LogP contribution in [0.5, 0.6) is 0 Å². The number of aromatic amines is 1. The van der Waals surface area contributed by atoms with E-state index >= 15 is 0 Å². The predicted molar refractivity (Wildman–Crippen MR) is 97.7 cm³/mol. The van der Waals surface area contributed by atoms with Crippen molar-refractivity contribution in [2.24, 2.45) is 4.47 Å². The number of rotatable bonds is 2. The zero-order valence-corrected chi connectivity index (χ0v) is 15.6. The molecular formula is C17H17N7O2S. The number of hydrogen-bond donors (Lipinski definition) is 1. The first-order valence-electron chi connectivity index (χ1n) is 8.55. The van der Waals surface area contributed by atoms with Crippen molar-refractivity contribution in [2.45, 2.75) is 25.6 Å². The molecule has 0 radical (unpaired) electrons. The lowest BCUT2D eigenvalue weighted by atomic mass is 10.1. The molecule has 0 saturated heterocycles. The standard InChI is InChI=1S/C17H17N7O2S/c1-10-4-3-6-24-13(10)8-27(22-24)17-14-12(18-9-19-14)5-7-23(17)16(25)15-21-20-11(2)26-15/h3-4,6,8-9,17H,5,7H2,1-2H3,(H,18,19)/t17-,27?/m0/s1. The number of allylic oxidation sites excluding steroid dienone is 3. The number of aryl methyl sites for hydroxylation is 1. The number of carbonyl (C=O) groups is 1. The van der Waals surface area contributed by atoms with Crippen LogP contribution < -0.4 is 0 Å². The van der Waals surface area contributed by atoms with E-state index in [0.717, 1.165) is 22.7 Å². The number of H-pyrrole nitrogens is 1. The van der Waals surface area contributed by atoms with Crippen molar-refractivity contribution in [3.05, 3.63) is 64.5 Å². The predicted octanol–water partition coefficient (Wildman–Crippen LogP) is 2.15. The molecule has 2 aromatic rings. The maximum atomic E-state index is 13.1. The SMILES string of the molecule is CC1=CC=CN2N=S([C@H]3c4nc[nH]c4CCN3C(=O)c3nnc(C)o3)C=C12. The van der Waals surface area contributed by atoms with Crippen LogP contribution in [0.1, 0.15) is 40.3 Å². The fraction of sp³-hybridized carbons (Fsp3) is 0.294. The van der Waals surface area contributed by atoms with Crippen molar-refractivity contribution in [1.82, 2.24) is 30.1 Å². The molecule has 1 unspecified atom stereocenters. The average molecular weight is 383 g/mol. The Bertz CT molecular complexity index is 1060. The van der Waals surface area contributed by atoms with Gasteiger partial charge in [0, 0.05) is 37.2 Å². The van der Waals surface area contributed by atoms with Crippen LogP contribution in [0.4, 0.5) is 0 Å². The first-order chi connectivity index (χ1) is 13.1. The van der Waals surface area contributed by atoms with E-state index in [4.69, 9.17) is 8.89 Å². The van der Waals surface area contributed by atoms with Gasteiger partial charge in [-0.3, -0.25) is 4.79 Å². The van der Waals surface area contributed by atoms with Gasteiger partial charge in [0.25, 0.3) is 0 Å². The normalized spacial score (nSPS) is 23.5. The fourth-order valence-corrected chi connectivity index (χ4v) is 5.41. The summed E-state index contributed by atoms with van der Waals surface area (Å²) in [6, 6.07) is 0. The maximum absolute atomic E-state index is 13.1. The van der Waals surface area contributed by atoms with Gasteiger partial charge in [-0.15, -0.1) is 14.7 Å². The first-order valence-corrected chi connectivity index (χ1v) is 9.86. The molecule has 0 bridgehead atoms. The van der Waals surface area contributed by atoms with Gasteiger partial charge in [-0.2, -0.15) is 0 Å². The van der Waals surface area contributed by atoms with Gasteiger partial charge < -0.3 is 14.3 Å². The van der Waals surface area contributed by atoms with Crippen LogP contribution in [0.3, 0.4) is 0 Å². The molecule has 138 valence electrons. The third-order valence-electron chi connectivity index (χ3n) is 4.71. The minimum absolute atomic E-state index is 0.000584. The highest BCUT2D eigenvalue weighted by Gasteiger charge is 2.39. The van der Waals surface area contributed by atoms with Crippen LogP contribution >= 0.6 is 0 Å². The molecule has 9 nitrogen and oxygen atoms in total. The molecule has 0 saturated carbocycles. The van der Waals surface area contributed by atoms with Gasteiger partial charge in [0.05, 0.1) is 17.7 Å². The van der Waals surface area contributed by atoms with E-state index in [1.54, 1.807) is 18.2 Å². The highest BCUT2D eigenvalue weighted by atomic mass is 32.2. The molecule has 3 aliphatic heterocycles. The number of imidazole rings is 1. The van der Waals surface area contributed by atoms with E-state index in [-0.39, 0.29) is 17.2 Å². The molecular weight excluding hydrogens is 366 g/mol. The number of nitrogens with zero attached hydrogens (tertiary/aromatic N) is 6. The first kappa shape index (κ1) is 16.2. The molecule has 0 aromatic carbocycles. The van der Waals surface area contributed by atoms with Crippen molar-refractivity contribution in [3.63, 3.8) is 0 Å². The molecule has 0 spiro atoms. The fourth-order valence-electron chi connectivity index (χ4n) is 3.38. The van der Waals surface area contributed by atoms with Gasteiger partial charge in [-0.05, 0) is 29.3 Å². The number of aromatic nitrogens is 4. The van der Waals surface area contributed by atoms with Crippen molar-refractivity contribution in [1.29, 1.82) is 0 Å². The minimum Gasteiger partial charge on any atom is -0.417 e. The second kappa shape index (κ2) is 6.02. The average Bonchev–Trinajstić information content (AvgIpc) is 3.39. The Morgan fingerprint density at radius 2 is 2.26 bits per heavy atom. The topological polar surface area (TPSA) is 104 Å². The molecule has 1 amide bonds. The summed E-state index contributed by atoms with van der Waals surface area (Å²) in [5, 5.41) is 11.4. The number of amides is 1. The van der Waals surface area contributed by atoms with Crippen LogP contribution in [-0.2, 0) is 17.1 Å². The Labute approximate surface area is 157 Å². The molecule has 5 heterocycles. The van der Waals surface area contributed by atoms with E-state index in [9.17, 15) is 4.79 Å². The molecule has 10 heteroatoms. The molecule has 0 fully saturated rings. The van der Waals surface area contributed by atoms with E-state index in [1.807, 2.05) is 17.3 Å². The zero-order chi connectivity index (χ0) is 18.5. The van der Waals surface area contributed by atoms with E-state index < -0.39 is 10.7 Å². The summed E-state index contributed by atoms with van der Waals surface area (Å²) in [5.41, 5.74) is 4.07. The number of nitrogens with one attached hydrogen (secondary N) is 1. The Morgan fingerprint density at radius 3 is 3.04 bits per heavy atom. The Morgan fingerprint density at radius 1 is 1.37 bits per heavy atom. The van der Waals surface area contributed by atoms with Crippen molar-refractivity contribution in [3.8, 4) is 0 Å². The Kier molecular flexibility index (Phi) is 3.61. The van der Waals surface area contributed by atoms with Gasteiger partial charge in [0.2, 0.25) is 5.89 Å². The highest BCUT2D eigenvalue weighted by molar-refractivity contribution is 7.90. The molecule has 5 rings (SSSR count). The Balaban J connectivity index is 1.58. The third kappa shape index (κ3) is 2.55. The smallest absolute Gasteiger partial charge is 0.312 e. The van der Waals surface area contributed by atoms with E-state index in [1.165, 1.54) is 0 Å². The van der Waals surface area contributed by atoms with Gasteiger partial charge in [-0.25, -0.2) is 9.99 Å². The second-order valence-electron chi connectivity index (χ2n) is 6.46. The summed E-state index contributed by atoms with van der Waals surface area (Å²) in [4.78, 5) is 22.5. The second-order valence-corrected chi connectivity index (χ2v) is 8.00. The maximum Gasteiger partial charge on any atom is 0.312 e. The van der Waals surface area contributed by atoms with Crippen molar-refractivity contribution < 1.29 is 9.21 Å². The van der Waals surface area contributed by atoms with E-state index in [2.05, 4.69) is 38.6 Å². The van der Waals surface area contributed by atoms with Crippen molar-refractivity contribution >= 4 is 16.6 Å². The molecule has 3 aliphatic rings. The summed E-state index contributed by atoms with van der Waals surface area (Å²) in [6.07, 6.45) is 8.31. The lowest BCUT2D eigenvalue weighted by molar-refractivity contribution is 0.0681. The summed E-state index contributed by atoms with van der Waals surface area (Å²) in [7, 11) is -0.582. The number of hydrogen-bond acceptors (Lipinski definition) is 7.